The first-order chi connectivity index (χ1) is 13.9. The Morgan fingerprint density at radius 3 is 2.48 bits per heavy atom. The smallest absolute Gasteiger partial charge is 0.373 e. The number of alkyl halides is 3. The van der Waals surface area contributed by atoms with Crippen molar-refractivity contribution in [1.29, 1.82) is 0 Å². The number of carbonyl (C=O) groups excluding carboxylic acids is 1. The zero-order valence-corrected chi connectivity index (χ0v) is 16.2. The molecule has 2 heterocycles. The Morgan fingerprint density at radius 1 is 1.14 bits per heavy atom. The summed E-state index contributed by atoms with van der Waals surface area (Å²) in [6.07, 6.45) is 3.64. The molecule has 0 unspecified atom stereocenters. The van der Waals surface area contributed by atoms with Crippen molar-refractivity contribution in [2.45, 2.75) is 43.7 Å². The van der Waals surface area contributed by atoms with E-state index in [0.29, 0.717) is 30.4 Å². The molecule has 4 rings (SSSR count). The second-order valence-corrected chi connectivity index (χ2v) is 7.84. The van der Waals surface area contributed by atoms with Crippen molar-refractivity contribution in [3.05, 3.63) is 47.5 Å². The van der Waals surface area contributed by atoms with Crippen molar-refractivity contribution in [3.63, 3.8) is 0 Å². The fourth-order valence-electron chi connectivity index (χ4n) is 3.48. The Bertz CT molecular complexity index is 894. The van der Waals surface area contributed by atoms with Crippen molar-refractivity contribution in [2.75, 3.05) is 29.9 Å². The molecule has 0 aromatic carbocycles. The Morgan fingerprint density at radius 2 is 1.86 bits per heavy atom. The van der Waals surface area contributed by atoms with Gasteiger partial charge in [0.05, 0.1) is 11.9 Å². The van der Waals surface area contributed by atoms with E-state index in [4.69, 9.17) is 0 Å². The SMILES string of the molecule is CN(CCN(C=O)c1cnccc1C1CC1)c1cc(C2CC2)nc(C(F)(F)F)c1. The Kier molecular flexibility index (Phi) is 5.19. The van der Waals surface area contributed by atoms with E-state index >= 15 is 0 Å². The lowest BCUT2D eigenvalue weighted by Gasteiger charge is -2.26. The van der Waals surface area contributed by atoms with E-state index in [1.165, 1.54) is 0 Å². The molecule has 2 aromatic rings. The van der Waals surface area contributed by atoms with Gasteiger partial charge in [0, 0.05) is 43.6 Å². The summed E-state index contributed by atoms with van der Waals surface area (Å²) >= 11 is 0. The van der Waals surface area contributed by atoms with Crippen LogP contribution in [0.1, 0.15) is 54.5 Å². The number of likely N-dealkylation sites (N-methyl/N-ethyl adjacent to an activating group) is 1. The highest BCUT2D eigenvalue weighted by atomic mass is 19.4. The van der Waals surface area contributed by atoms with Crippen molar-refractivity contribution < 1.29 is 18.0 Å². The predicted octanol–water partition coefficient (Wildman–Crippen LogP) is 4.35. The maximum atomic E-state index is 13.3. The van der Waals surface area contributed by atoms with Crippen LogP contribution in [0.4, 0.5) is 24.5 Å². The molecular weight excluding hydrogens is 381 g/mol. The zero-order valence-electron chi connectivity index (χ0n) is 16.2. The van der Waals surface area contributed by atoms with Gasteiger partial charge in [0.15, 0.2) is 0 Å². The third-order valence-electron chi connectivity index (χ3n) is 5.52. The van der Waals surface area contributed by atoms with Crippen molar-refractivity contribution >= 4 is 17.8 Å². The number of aromatic nitrogens is 2. The highest BCUT2D eigenvalue weighted by molar-refractivity contribution is 5.77. The molecule has 0 N–H and O–H groups in total. The molecule has 1 amide bonds. The molecule has 2 saturated carbocycles. The summed E-state index contributed by atoms with van der Waals surface area (Å²) in [4.78, 5) is 23.0. The van der Waals surface area contributed by atoms with Crippen LogP contribution in [0.5, 0.6) is 0 Å². The van der Waals surface area contributed by atoms with E-state index in [9.17, 15) is 18.0 Å². The lowest BCUT2D eigenvalue weighted by atomic mass is 10.1. The highest BCUT2D eigenvalue weighted by Gasteiger charge is 2.35. The third-order valence-corrected chi connectivity index (χ3v) is 5.52. The van der Waals surface area contributed by atoms with Crippen LogP contribution < -0.4 is 9.80 Å². The molecule has 154 valence electrons. The number of rotatable bonds is 8. The number of hydrogen-bond acceptors (Lipinski definition) is 4. The van der Waals surface area contributed by atoms with Crippen molar-refractivity contribution in [1.82, 2.24) is 9.97 Å². The number of pyridine rings is 2. The van der Waals surface area contributed by atoms with Crippen LogP contribution in [0.3, 0.4) is 0 Å². The van der Waals surface area contributed by atoms with Gasteiger partial charge in [-0.3, -0.25) is 9.78 Å². The Balaban J connectivity index is 1.51. The third kappa shape index (κ3) is 4.52. The van der Waals surface area contributed by atoms with Gasteiger partial charge in [-0.05, 0) is 55.4 Å². The topological polar surface area (TPSA) is 49.3 Å². The van der Waals surface area contributed by atoms with Gasteiger partial charge in [0.1, 0.15) is 5.69 Å². The largest absolute Gasteiger partial charge is 0.433 e. The Labute approximate surface area is 167 Å². The summed E-state index contributed by atoms with van der Waals surface area (Å²) in [6, 6.07) is 4.75. The maximum absolute atomic E-state index is 13.3. The summed E-state index contributed by atoms with van der Waals surface area (Å²) in [5.74, 6) is 0.580. The number of carbonyl (C=O) groups is 1. The predicted molar refractivity (Wildman–Crippen MR) is 104 cm³/mol. The van der Waals surface area contributed by atoms with Gasteiger partial charge in [-0.15, -0.1) is 0 Å². The number of anilines is 2. The molecular formula is C21H23F3N4O. The van der Waals surface area contributed by atoms with Crippen LogP contribution >= 0.6 is 0 Å². The average Bonchev–Trinajstić information content (AvgIpc) is 3.60. The van der Waals surface area contributed by atoms with Gasteiger partial charge >= 0.3 is 6.18 Å². The summed E-state index contributed by atoms with van der Waals surface area (Å²) in [7, 11) is 1.74. The summed E-state index contributed by atoms with van der Waals surface area (Å²) < 4.78 is 39.8. The minimum atomic E-state index is -4.48. The van der Waals surface area contributed by atoms with Crippen LogP contribution in [0.2, 0.25) is 0 Å². The second-order valence-electron chi connectivity index (χ2n) is 7.84. The molecule has 0 aliphatic heterocycles. The van der Waals surface area contributed by atoms with Gasteiger partial charge in [-0.2, -0.15) is 13.2 Å². The first kappa shape index (κ1) is 19.7. The van der Waals surface area contributed by atoms with Crippen molar-refractivity contribution in [3.8, 4) is 0 Å². The quantitative estimate of drug-likeness (QED) is 0.614. The van der Waals surface area contributed by atoms with Gasteiger partial charge in [0.25, 0.3) is 0 Å². The molecule has 5 nitrogen and oxygen atoms in total. The monoisotopic (exact) mass is 404 g/mol. The van der Waals surface area contributed by atoms with E-state index in [1.54, 1.807) is 35.3 Å². The fourth-order valence-corrected chi connectivity index (χ4v) is 3.48. The van der Waals surface area contributed by atoms with Gasteiger partial charge in [0.2, 0.25) is 6.41 Å². The minimum absolute atomic E-state index is 0.118. The van der Waals surface area contributed by atoms with E-state index in [-0.39, 0.29) is 5.92 Å². The van der Waals surface area contributed by atoms with E-state index in [0.717, 1.165) is 49.4 Å². The van der Waals surface area contributed by atoms with E-state index in [1.807, 2.05) is 6.07 Å². The molecule has 8 heteroatoms. The first-order valence-electron chi connectivity index (χ1n) is 9.83. The van der Waals surface area contributed by atoms with E-state index < -0.39 is 11.9 Å². The average molecular weight is 404 g/mol. The molecule has 2 aromatic heterocycles. The number of amides is 1. The molecule has 29 heavy (non-hydrogen) atoms. The lowest BCUT2D eigenvalue weighted by molar-refractivity contribution is -0.141. The molecule has 0 saturated heterocycles. The first-order valence-corrected chi connectivity index (χ1v) is 9.83. The highest BCUT2D eigenvalue weighted by Crippen LogP contribution is 2.44. The number of halogens is 3. The zero-order chi connectivity index (χ0) is 20.6. The van der Waals surface area contributed by atoms with Crippen LogP contribution in [0, 0.1) is 0 Å². The standard InChI is InChI=1S/C21H23F3N4O/c1-27(16-10-18(15-4-5-15)26-20(11-16)21(22,23)24)8-9-28(13-29)19-12-25-7-6-17(19)14-2-3-14/h6-7,10-15H,2-5,8-9H2,1H3. The van der Waals surface area contributed by atoms with Crippen LogP contribution in [0.25, 0.3) is 0 Å². The van der Waals surface area contributed by atoms with E-state index in [2.05, 4.69) is 9.97 Å². The fraction of sp³-hybridized carbons (Fsp3) is 0.476. The maximum Gasteiger partial charge on any atom is 0.433 e. The molecule has 0 radical (unpaired) electrons. The summed E-state index contributed by atoms with van der Waals surface area (Å²) in [6.45, 7) is 0.747. The molecule has 2 fully saturated rings. The molecule has 0 atom stereocenters. The number of hydrogen-bond donors (Lipinski definition) is 0. The summed E-state index contributed by atoms with van der Waals surface area (Å²) in [5, 5.41) is 0. The van der Waals surface area contributed by atoms with Crippen LogP contribution in [-0.2, 0) is 11.0 Å². The second kappa shape index (κ2) is 7.65. The lowest BCUT2D eigenvalue weighted by Crippen LogP contribution is -2.33. The molecule has 2 aliphatic carbocycles. The number of nitrogens with zero attached hydrogens (tertiary/aromatic N) is 4. The minimum Gasteiger partial charge on any atom is -0.373 e. The van der Waals surface area contributed by atoms with Crippen LogP contribution in [0.15, 0.2) is 30.6 Å². The van der Waals surface area contributed by atoms with Gasteiger partial charge in [-0.1, -0.05) is 0 Å². The normalized spacial score (nSPS) is 16.6. The molecule has 0 spiro atoms. The van der Waals surface area contributed by atoms with Gasteiger partial charge in [-0.25, -0.2) is 4.98 Å². The summed E-state index contributed by atoms with van der Waals surface area (Å²) in [5.41, 5.74) is 1.99. The molecule has 0 bridgehead atoms. The molecule has 2 aliphatic rings. The van der Waals surface area contributed by atoms with Crippen molar-refractivity contribution in [2.24, 2.45) is 0 Å². The van der Waals surface area contributed by atoms with Gasteiger partial charge < -0.3 is 9.80 Å². The Hall–Kier alpha value is -2.64. The van der Waals surface area contributed by atoms with Crippen LogP contribution in [-0.4, -0.2) is 36.5 Å².